The monoisotopic (exact) mass is 503 g/mol. The van der Waals surface area contributed by atoms with Crippen LogP contribution in [-0.2, 0) is 4.79 Å². The van der Waals surface area contributed by atoms with Gasteiger partial charge in [0.25, 0.3) is 5.91 Å². The summed E-state index contributed by atoms with van der Waals surface area (Å²) in [5.41, 5.74) is 4.49. The van der Waals surface area contributed by atoms with E-state index in [4.69, 9.17) is 11.6 Å². The Bertz CT molecular complexity index is 1220. The van der Waals surface area contributed by atoms with Crippen LogP contribution in [0.2, 0.25) is 5.02 Å². The van der Waals surface area contributed by atoms with E-state index in [1.54, 1.807) is 12.1 Å². The molecule has 0 radical (unpaired) electrons. The number of thioether (sulfide) groups is 1. The minimum Gasteiger partial charge on any atom is -0.318 e. The van der Waals surface area contributed by atoms with E-state index >= 15 is 0 Å². The molecule has 0 spiro atoms. The largest absolute Gasteiger partial charge is 0.318 e. The molecule has 0 bridgehead atoms. The molecule has 2 aromatic carbocycles. The molecule has 1 aliphatic rings. The minimum atomic E-state index is -0.329. The summed E-state index contributed by atoms with van der Waals surface area (Å²) in [4.78, 5) is 17.3. The fraction of sp³-hybridized carbons (Fsp3) is 0.0909. The fourth-order valence-electron chi connectivity index (χ4n) is 3.21. The van der Waals surface area contributed by atoms with Crippen molar-refractivity contribution in [2.75, 3.05) is 0 Å². The highest BCUT2D eigenvalue weighted by molar-refractivity contribution is 9.10. The summed E-state index contributed by atoms with van der Waals surface area (Å²) in [7, 11) is 0. The summed E-state index contributed by atoms with van der Waals surface area (Å²) >= 11 is 10.9. The number of aryl methyl sites for hydroxylation is 1. The van der Waals surface area contributed by atoms with Gasteiger partial charge in [0.2, 0.25) is 0 Å². The number of amidine groups is 1. The van der Waals surface area contributed by atoms with Crippen LogP contribution in [0.3, 0.4) is 0 Å². The standard InChI is InChI=1S/C22H16BrClFN3OS/c1-12-9-14(13(2)28(12)17-7-8-18(23)19(24)11-17)10-20-21(29)27-22(30-20)26-16-5-3-15(25)4-6-16/h3-11H,1-2H3,(H,26,27,29). The zero-order valence-corrected chi connectivity index (χ0v) is 19.2. The van der Waals surface area contributed by atoms with Crippen molar-refractivity contribution < 1.29 is 9.18 Å². The number of aliphatic imine (C=N–C) groups is 1. The van der Waals surface area contributed by atoms with E-state index in [0.29, 0.717) is 20.8 Å². The van der Waals surface area contributed by atoms with E-state index in [1.807, 2.05) is 44.2 Å². The van der Waals surface area contributed by atoms with Gasteiger partial charge in [0.1, 0.15) is 5.82 Å². The average molecular weight is 505 g/mol. The van der Waals surface area contributed by atoms with Gasteiger partial charge in [-0.05, 0) is 102 Å². The van der Waals surface area contributed by atoms with Crippen molar-refractivity contribution in [1.82, 2.24) is 9.88 Å². The first-order chi connectivity index (χ1) is 14.3. The lowest BCUT2D eigenvalue weighted by atomic mass is 10.2. The molecule has 3 aromatic rings. The van der Waals surface area contributed by atoms with Crippen molar-refractivity contribution in [1.29, 1.82) is 0 Å². The number of halogens is 3. The summed E-state index contributed by atoms with van der Waals surface area (Å²) in [5, 5.41) is 3.85. The topological polar surface area (TPSA) is 46.4 Å². The van der Waals surface area contributed by atoms with Crippen LogP contribution in [0.15, 0.2) is 62.9 Å². The number of aromatic nitrogens is 1. The van der Waals surface area contributed by atoms with Crippen molar-refractivity contribution in [2.45, 2.75) is 13.8 Å². The predicted octanol–water partition coefficient (Wildman–Crippen LogP) is 6.54. The molecule has 1 saturated heterocycles. The highest BCUT2D eigenvalue weighted by Crippen LogP contribution is 2.32. The first-order valence-corrected chi connectivity index (χ1v) is 11.0. The average Bonchev–Trinajstić information content (AvgIpc) is 3.18. The minimum absolute atomic E-state index is 0.211. The number of amides is 1. The number of carbonyl (C=O) groups excluding carboxylic acids is 1. The molecule has 1 aliphatic heterocycles. The van der Waals surface area contributed by atoms with E-state index in [1.165, 1.54) is 23.9 Å². The molecule has 8 heteroatoms. The van der Waals surface area contributed by atoms with Crippen molar-refractivity contribution in [3.05, 3.63) is 85.7 Å². The molecule has 1 amide bonds. The van der Waals surface area contributed by atoms with Gasteiger partial charge in [-0.1, -0.05) is 11.6 Å². The molecule has 0 unspecified atom stereocenters. The van der Waals surface area contributed by atoms with Gasteiger partial charge in [-0.25, -0.2) is 9.38 Å². The summed E-state index contributed by atoms with van der Waals surface area (Å²) in [6, 6.07) is 13.6. The van der Waals surface area contributed by atoms with E-state index < -0.39 is 0 Å². The van der Waals surface area contributed by atoms with Crippen LogP contribution in [0.25, 0.3) is 11.8 Å². The lowest BCUT2D eigenvalue weighted by Crippen LogP contribution is -2.19. The third kappa shape index (κ3) is 4.24. The Balaban J connectivity index is 1.64. The molecular formula is C22H16BrClFN3OS. The smallest absolute Gasteiger partial charge is 0.264 e. The van der Waals surface area contributed by atoms with Crippen molar-refractivity contribution >= 4 is 62.1 Å². The Morgan fingerprint density at radius 3 is 2.60 bits per heavy atom. The zero-order chi connectivity index (χ0) is 21.4. The molecule has 30 heavy (non-hydrogen) atoms. The van der Waals surface area contributed by atoms with Gasteiger partial charge < -0.3 is 9.88 Å². The van der Waals surface area contributed by atoms with Gasteiger partial charge in [-0.3, -0.25) is 4.79 Å². The molecule has 1 aromatic heterocycles. The molecule has 4 rings (SSSR count). The number of benzene rings is 2. The van der Waals surface area contributed by atoms with Crippen LogP contribution in [-0.4, -0.2) is 15.6 Å². The summed E-state index contributed by atoms with van der Waals surface area (Å²) in [6.45, 7) is 4.01. The molecule has 0 aliphatic carbocycles. The molecule has 1 N–H and O–H groups in total. The second-order valence-electron chi connectivity index (χ2n) is 6.72. The van der Waals surface area contributed by atoms with Crippen LogP contribution in [0.1, 0.15) is 17.0 Å². The van der Waals surface area contributed by atoms with Crippen LogP contribution < -0.4 is 5.32 Å². The number of rotatable bonds is 3. The maximum atomic E-state index is 13.1. The molecule has 2 heterocycles. The Labute approximate surface area is 191 Å². The first-order valence-electron chi connectivity index (χ1n) is 9.01. The Morgan fingerprint density at radius 2 is 1.90 bits per heavy atom. The number of nitrogens with one attached hydrogen (secondary N) is 1. The van der Waals surface area contributed by atoms with Crippen LogP contribution in [0.5, 0.6) is 0 Å². The van der Waals surface area contributed by atoms with Gasteiger partial charge >= 0.3 is 0 Å². The quantitative estimate of drug-likeness (QED) is 0.412. The molecule has 4 nitrogen and oxygen atoms in total. The highest BCUT2D eigenvalue weighted by atomic mass is 79.9. The third-order valence-electron chi connectivity index (χ3n) is 4.63. The number of hydrogen-bond donors (Lipinski definition) is 1. The van der Waals surface area contributed by atoms with Gasteiger partial charge in [-0.2, -0.15) is 0 Å². The van der Waals surface area contributed by atoms with E-state index in [0.717, 1.165) is 27.1 Å². The van der Waals surface area contributed by atoms with Crippen molar-refractivity contribution in [3.63, 3.8) is 0 Å². The maximum absolute atomic E-state index is 13.1. The fourth-order valence-corrected chi connectivity index (χ4v) is 4.46. The van der Waals surface area contributed by atoms with Gasteiger partial charge in [0.15, 0.2) is 5.17 Å². The van der Waals surface area contributed by atoms with Gasteiger partial charge in [-0.15, -0.1) is 0 Å². The normalized spacial score (nSPS) is 16.5. The third-order valence-corrected chi connectivity index (χ3v) is 6.77. The number of nitrogens with zero attached hydrogens (tertiary/aromatic N) is 2. The Hall–Kier alpha value is -2.35. The zero-order valence-electron chi connectivity index (χ0n) is 16.0. The van der Waals surface area contributed by atoms with E-state index in [-0.39, 0.29) is 11.7 Å². The summed E-state index contributed by atoms with van der Waals surface area (Å²) in [6.07, 6.45) is 1.85. The second-order valence-corrected chi connectivity index (χ2v) is 9.01. The molecule has 0 atom stereocenters. The highest BCUT2D eigenvalue weighted by Gasteiger charge is 2.24. The van der Waals surface area contributed by atoms with E-state index in [9.17, 15) is 9.18 Å². The number of hydrogen-bond acceptors (Lipinski definition) is 3. The molecule has 152 valence electrons. The van der Waals surface area contributed by atoms with Crippen LogP contribution in [0, 0.1) is 19.7 Å². The molecular weight excluding hydrogens is 489 g/mol. The predicted molar refractivity (Wildman–Crippen MR) is 125 cm³/mol. The van der Waals surface area contributed by atoms with Gasteiger partial charge in [0, 0.05) is 21.5 Å². The maximum Gasteiger partial charge on any atom is 0.264 e. The Kier molecular flexibility index (Phi) is 5.86. The second kappa shape index (κ2) is 8.41. The van der Waals surface area contributed by atoms with Gasteiger partial charge in [0.05, 0.1) is 15.6 Å². The Morgan fingerprint density at radius 1 is 1.17 bits per heavy atom. The SMILES string of the molecule is Cc1cc(C=C2SC(=Nc3ccc(F)cc3)NC2=O)c(C)n1-c1ccc(Br)c(Cl)c1. The lowest BCUT2D eigenvalue weighted by molar-refractivity contribution is -0.115. The van der Waals surface area contributed by atoms with Crippen LogP contribution >= 0.6 is 39.3 Å². The first kappa shape index (κ1) is 20.9. The van der Waals surface area contributed by atoms with Crippen molar-refractivity contribution in [2.24, 2.45) is 4.99 Å². The van der Waals surface area contributed by atoms with Crippen LogP contribution in [0.4, 0.5) is 10.1 Å². The molecule has 1 fully saturated rings. The van der Waals surface area contributed by atoms with E-state index in [2.05, 4.69) is 30.8 Å². The van der Waals surface area contributed by atoms with Crippen molar-refractivity contribution in [3.8, 4) is 5.69 Å². The molecule has 0 saturated carbocycles. The number of carbonyl (C=O) groups is 1. The summed E-state index contributed by atoms with van der Waals surface area (Å²) < 4.78 is 16.0. The lowest BCUT2D eigenvalue weighted by Gasteiger charge is -2.10. The summed E-state index contributed by atoms with van der Waals surface area (Å²) in [5.74, 6) is -0.539.